The Bertz CT molecular complexity index is 581. The van der Waals surface area contributed by atoms with Gasteiger partial charge >= 0.3 is 19.6 Å². The SMILES string of the molecule is O=P1(S)OCC2OCCC2OP(O)(=S)OC(F)(F)C2CC(CO2)O1. The van der Waals surface area contributed by atoms with Crippen molar-refractivity contribution in [2.24, 2.45) is 0 Å². The van der Waals surface area contributed by atoms with Crippen molar-refractivity contribution < 1.29 is 45.8 Å². The van der Waals surface area contributed by atoms with Crippen molar-refractivity contribution >= 4 is 37.6 Å². The molecule has 0 spiro atoms. The zero-order valence-electron chi connectivity index (χ0n) is 12.2. The molecule has 0 amide bonds. The van der Waals surface area contributed by atoms with Gasteiger partial charge in [-0.05, 0) is 11.8 Å². The number of alkyl halides is 2. The molecule has 0 aromatic heterocycles. The summed E-state index contributed by atoms with van der Waals surface area (Å²) in [7, 11) is 0. The first-order chi connectivity index (χ1) is 11.1. The van der Waals surface area contributed by atoms with Crippen LogP contribution in [-0.2, 0) is 43.9 Å². The Hall–Kier alpha value is 0.810. The van der Waals surface area contributed by atoms with E-state index in [-0.39, 0.29) is 32.7 Å². The van der Waals surface area contributed by atoms with E-state index in [1.165, 1.54) is 0 Å². The maximum absolute atomic E-state index is 14.2. The van der Waals surface area contributed by atoms with Gasteiger partial charge in [-0.15, -0.1) is 0 Å². The number of thiol groups is 1. The quantitative estimate of drug-likeness (QED) is 0.445. The van der Waals surface area contributed by atoms with Crippen LogP contribution >= 0.6 is 25.8 Å². The Balaban J connectivity index is 1.84. The van der Waals surface area contributed by atoms with Gasteiger partial charge in [-0.2, -0.15) is 8.78 Å². The first kappa shape index (κ1) is 19.6. The van der Waals surface area contributed by atoms with Gasteiger partial charge in [0.1, 0.15) is 6.10 Å². The van der Waals surface area contributed by atoms with Crippen molar-refractivity contribution in [3.05, 3.63) is 0 Å². The molecule has 3 aliphatic heterocycles. The molecule has 0 aromatic carbocycles. The van der Waals surface area contributed by atoms with Gasteiger partial charge in [-0.1, -0.05) is 12.2 Å². The second-order valence-electron chi connectivity index (χ2n) is 5.51. The summed E-state index contributed by atoms with van der Waals surface area (Å²) in [5.74, 6) is 0. The first-order valence-corrected chi connectivity index (χ1v) is 12.3. The lowest BCUT2D eigenvalue weighted by molar-refractivity contribution is -0.246. The molecule has 140 valence electrons. The van der Waals surface area contributed by atoms with Gasteiger partial charge < -0.3 is 18.9 Å². The predicted octanol–water partition coefficient (Wildman–Crippen LogP) is 2.23. The van der Waals surface area contributed by atoms with Crippen LogP contribution in [0.25, 0.3) is 0 Å². The molecule has 3 saturated heterocycles. The summed E-state index contributed by atoms with van der Waals surface area (Å²) in [6.07, 6.45) is -8.22. The predicted molar refractivity (Wildman–Crippen MR) is 83.5 cm³/mol. The molecule has 0 saturated carbocycles. The van der Waals surface area contributed by atoms with E-state index in [9.17, 15) is 18.2 Å². The van der Waals surface area contributed by atoms with Crippen LogP contribution in [0, 0.1) is 0 Å². The van der Waals surface area contributed by atoms with Crippen LogP contribution in [0.15, 0.2) is 0 Å². The van der Waals surface area contributed by atoms with Gasteiger partial charge in [0.25, 0.3) is 0 Å². The zero-order chi connectivity index (χ0) is 17.6. The third kappa shape index (κ3) is 4.75. The fourth-order valence-electron chi connectivity index (χ4n) is 2.60. The molecule has 3 heterocycles. The van der Waals surface area contributed by atoms with Crippen molar-refractivity contribution in [2.75, 3.05) is 19.8 Å². The number of hydrogen-bond acceptors (Lipinski definition) is 8. The molecular formula is C10H16F2O8P2S2. The van der Waals surface area contributed by atoms with Crippen LogP contribution in [0.1, 0.15) is 12.8 Å². The molecule has 8 nitrogen and oxygen atoms in total. The Morgan fingerprint density at radius 1 is 1.21 bits per heavy atom. The van der Waals surface area contributed by atoms with Gasteiger partial charge in [-0.3, -0.25) is 9.05 Å². The van der Waals surface area contributed by atoms with Gasteiger partial charge in [0.2, 0.25) is 0 Å². The Morgan fingerprint density at radius 3 is 2.71 bits per heavy atom. The van der Waals surface area contributed by atoms with E-state index in [1.807, 2.05) is 0 Å². The molecule has 2 bridgehead atoms. The molecule has 0 aliphatic carbocycles. The Kier molecular flexibility index (Phi) is 5.78. The molecule has 6 unspecified atom stereocenters. The lowest BCUT2D eigenvalue weighted by atomic mass is 10.2. The average molecular weight is 428 g/mol. The zero-order valence-corrected chi connectivity index (χ0v) is 15.7. The van der Waals surface area contributed by atoms with Crippen LogP contribution in [0.5, 0.6) is 0 Å². The van der Waals surface area contributed by atoms with Crippen molar-refractivity contribution in [3.63, 3.8) is 0 Å². The van der Waals surface area contributed by atoms with E-state index in [0.717, 1.165) is 0 Å². The molecule has 3 rings (SSSR count). The van der Waals surface area contributed by atoms with Crippen molar-refractivity contribution in [1.29, 1.82) is 0 Å². The molecule has 0 radical (unpaired) electrons. The normalized spacial score (nSPS) is 49.7. The molecule has 1 N–H and O–H groups in total. The topological polar surface area (TPSA) is 92.7 Å². The van der Waals surface area contributed by atoms with E-state index in [0.29, 0.717) is 0 Å². The second-order valence-corrected chi connectivity index (χ2v) is 11.1. The van der Waals surface area contributed by atoms with E-state index < -0.39 is 44.0 Å². The van der Waals surface area contributed by atoms with E-state index in [1.54, 1.807) is 0 Å². The number of hydrogen-bond donors (Lipinski definition) is 2. The van der Waals surface area contributed by atoms with Gasteiger partial charge in [0.05, 0.1) is 25.4 Å². The minimum Gasteiger partial charge on any atom is -0.373 e. The first-order valence-electron chi connectivity index (χ1n) is 7.05. The van der Waals surface area contributed by atoms with E-state index in [2.05, 4.69) is 28.6 Å². The summed E-state index contributed by atoms with van der Waals surface area (Å²) >= 11 is 8.50. The highest BCUT2D eigenvalue weighted by molar-refractivity contribution is 8.44. The van der Waals surface area contributed by atoms with Crippen LogP contribution < -0.4 is 0 Å². The maximum atomic E-state index is 14.2. The minimum absolute atomic E-state index is 0.228. The van der Waals surface area contributed by atoms with Gasteiger partial charge in [0.15, 0.2) is 6.10 Å². The van der Waals surface area contributed by atoms with Crippen molar-refractivity contribution in [1.82, 2.24) is 0 Å². The lowest BCUT2D eigenvalue weighted by Crippen LogP contribution is -2.36. The maximum Gasteiger partial charge on any atom is 0.388 e. The summed E-state index contributed by atoms with van der Waals surface area (Å²) < 4.78 is 70.6. The van der Waals surface area contributed by atoms with E-state index >= 15 is 0 Å². The largest absolute Gasteiger partial charge is 0.388 e. The summed E-state index contributed by atoms with van der Waals surface area (Å²) in [6, 6.07) is 0. The minimum atomic E-state index is -4.27. The highest BCUT2D eigenvalue weighted by Crippen LogP contribution is 2.58. The number of fused-ring (bicyclic) bond motifs is 3. The third-order valence-corrected chi connectivity index (χ3v) is 6.84. The highest BCUT2D eigenvalue weighted by atomic mass is 32.7. The molecule has 14 heteroatoms. The molecule has 24 heavy (non-hydrogen) atoms. The number of halogens is 2. The molecular weight excluding hydrogens is 412 g/mol. The van der Waals surface area contributed by atoms with Crippen molar-refractivity contribution in [2.45, 2.75) is 43.4 Å². The fraction of sp³-hybridized carbons (Fsp3) is 1.00. The molecule has 3 aliphatic rings. The van der Waals surface area contributed by atoms with Crippen molar-refractivity contribution in [3.8, 4) is 0 Å². The monoisotopic (exact) mass is 428 g/mol. The Labute approximate surface area is 147 Å². The number of rotatable bonds is 0. The van der Waals surface area contributed by atoms with Crippen LogP contribution in [0.4, 0.5) is 8.78 Å². The lowest BCUT2D eigenvalue weighted by Gasteiger charge is -2.28. The van der Waals surface area contributed by atoms with Gasteiger partial charge in [-0.25, -0.2) is 9.09 Å². The standard InChI is InChI=1S/C10H16F2O8P2S2/c11-10(12)9-3-6(4-16-9)18-21(13,23)17-5-8-7(1-2-15-8)19-22(14,24)20-10/h6-9H,1-5H2,(H,13,23)(H,14,24). The molecule has 0 aromatic rings. The second kappa shape index (κ2) is 7.09. The number of ether oxygens (including phenoxy) is 2. The van der Waals surface area contributed by atoms with Crippen LogP contribution in [0.2, 0.25) is 0 Å². The van der Waals surface area contributed by atoms with Crippen LogP contribution in [-0.4, -0.2) is 55.2 Å². The smallest absolute Gasteiger partial charge is 0.373 e. The Morgan fingerprint density at radius 2 is 1.96 bits per heavy atom. The van der Waals surface area contributed by atoms with Gasteiger partial charge in [0, 0.05) is 19.4 Å². The average Bonchev–Trinajstić information content (AvgIpc) is 3.03. The summed E-state index contributed by atoms with van der Waals surface area (Å²) in [5.41, 5.74) is 0. The molecule has 3 fully saturated rings. The van der Waals surface area contributed by atoms with Crippen LogP contribution in [0.3, 0.4) is 0 Å². The summed E-state index contributed by atoms with van der Waals surface area (Å²) in [6.45, 7) is -8.33. The summed E-state index contributed by atoms with van der Waals surface area (Å²) in [4.78, 5) is 9.99. The third-order valence-electron chi connectivity index (χ3n) is 3.67. The summed E-state index contributed by atoms with van der Waals surface area (Å²) in [5, 5.41) is 0. The highest BCUT2D eigenvalue weighted by Gasteiger charge is 2.52. The molecule has 6 atom stereocenters. The fourth-order valence-corrected chi connectivity index (χ4v) is 5.80. The van der Waals surface area contributed by atoms with E-state index in [4.69, 9.17) is 23.0 Å².